The van der Waals surface area contributed by atoms with Gasteiger partial charge >= 0.3 is 0 Å². The summed E-state index contributed by atoms with van der Waals surface area (Å²) < 4.78 is 18.7. The van der Waals surface area contributed by atoms with Gasteiger partial charge in [-0.1, -0.05) is 6.08 Å². The van der Waals surface area contributed by atoms with Gasteiger partial charge in [0.1, 0.15) is 17.7 Å². The Kier molecular flexibility index (Phi) is 8.41. The molecule has 0 spiro atoms. The SMILES string of the molecule is C=CCN1CCC(NC(=NCC(C)Oc2ccc(F)cc2)NCC)CC1. The van der Waals surface area contributed by atoms with Gasteiger partial charge in [-0.2, -0.15) is 0 Å². The highest BCUT2D eigenvalue weighted by Gasteiger charge is 2.19. The van der Waals surface area contributed by atoms with E-state index in [0.717, 1.165) is 45.0 Å². The second-order valence-corrected chi connectivity index (χ2v) is 6.61. The van der Waals surface area contributed by atoms with Crippen LogP contribution in [0.4, 0.5) is 4.39 Å². The molecule has 144 valence electrons. The Morgan fingerprint density at radius 1 is 1.38 bits per heavy atom. The molecule has 1 heterocycles. The number of benzene rings is 1. The summed E-state index contributed by atoms with van der Waals surface area (Å²) in [5.74, 6) is 1.21. The molecule has 1 aromatic carbocycles. The Bertz CT molecular complexity index is 568. The summed E-state index contributed by atoms with van der Waals surface area (Å²) in [5, 5.41) is 6.82. The summed E-state index contributed by atoms with van der Waals surface area (Å²) in [7, 11) is 0. The predicted molar refractivity (Wildman–Crippen MR) is 105 cm³/mol. The van der Waals surface area contributed by atoms with Gasteiger partial charge in [0, 0.05) is 32.2 Å². The molecule has 0 saturated carbocycles. The van der Waals surface area contributed by atoms with Crippen LogP contribution in [0.15, 0.2) is 41.9 Å². The zero-order valence-electron chi connectivity index (χ0n) is 15.9. The Labute approximate surface area is 156 Å². The molecule has 0 bridgehead atoms. The third-order valence-electron chi connectivity index (χ3n) is 4.32. The molecule has 6 heteroatoms. The van der Waals surface area contributed by atoms with E-state index < -0.39 is 0 Å². The van der Waals surface area contributed by atoms with Gasteiger partial charge in [-0.3, -0.25) is 4.90 Å². The fourth-order valence-corrected chi connectivity index (χ4v) is 2.96. The molecule has 2 N–H and O–H groups in total. The molecule has 0 amide bonds. The van der Waals surface area contributed by atoms with Crippen molar-refractivity contribution in [3.05, 3.63) is 42.7 Å². The van der Waals surface area contributed by atoms with Crippen molar-refractivity contribution in [2.45, 2.75) is 38.8 Å². The van der Waals surface area contributed by atoms with Crippen LogP contribution >= 0.6 is 0 Å². The van der Waals surface area contributed by atoms with Crippen LogP contribution in [0.1, 0.15) is 26.7 Å². The number of nitrogens with one attached hydrogen (secondary N) is 2. The fourth-order valence-electron chi connectivity index (χ4n) is 2.96. The number of likely N-dealkylation sites (tertiary alicyclic amines) is 1. The Balaban J connectivity index is 1.81. The van der Waals surface area contributed by atoms with Crippen LogP contribution in [0.2, 0.25) is 0 Å². The quantitative estimate of drug-likeness (QED) is 0.424. The maximum Gasteiger partial charge on any atom is 0.191 e. The molecular formula is C20H31FN4O. The molecule has 26 heavy (non-hydrogen) atoms. The third kappa shape index (κ3) is 7.04. The summed E-state index contributed by atoms with van der Waals surface area (Å²) >= 11 is 0. The zero-order valence-corrected chi connectivity index (χ0v) is 15.9. The van der Waals surface area contributed by atoms with Gasteiger partial charge in [0.05, 0.1) is 6.54 Å². The fraction of sp³-hybridized carbons (Fsp3) is 0.550. The number of guanidine groups is 1. The largest absolute Gasteiger partial charge is 0.489 e. The van der Waals surface area contributed by atoms with Gasteiger partial charge in [-0.05, 0) is 51.0 Å². The number of ether oxygens (including phenoxy) is 1. The number of nitrogens with zero attached hydrogens (tertiary/aromatic N) is 2. The normalized spacial score (nSPS) is 17.6. The van der Waals surface area contributed by atoms with Gasteiger partial charge in [0.15, 0.2) is 5.96 Å². The number of piperidine rings is 1. The second kappa shape index (κ2) is 10.8. The van der Waals surface area contributed by atoms with E-state index >= 15 is 0 Å². The smallest absolute Gasteiger partial charge is 0.191 e. The Hall–Kier alpha value is -2.08. The molecule has 2 rings (SSSR count). The lowest BCUT2D eigenvalue weighted by molar-refractivity contribution is 0.223. The van der Waals surface area contributed by atoms with Crippen LogP contribution in [0.3, 0.4) is 0 Å². The summed E-state index contributed by atoms with van der Waals surface area (Å²) in [6.45, 7) is 12.3. The van der Waals surface area contributed by atoms with E-state index in [9.17, 15) is 4.39 Å². The van der Waals surface area contributed by atoms with Crippen molar-refractivity contribution >= 4 is 5.96 Å². The van der Waals surface area contributed by atoms with Crippen LogP contribution in [0.5, 0.6) is 5.75 Å². The highest BCUT2D eigenvalue weighted by atomic mass is 19.1. The van der Waals surface area contributed by atoms with Crippen LogP contribution in [0.25, 0.3) is 0 Å². The van der Waals surface area contributed by atoms with Crippen molar-refractivity contribution in [2.24, 2.45) is 4.99 Å². The molecule has 1 aliphatic heterocycles. The maximum atomic E-state index is 13.0. The standard InChI is InChI=1S/C20H31FN4O/c1-4-12-25-13-10-18(11-14-25)24-20(22-5-2)23-15-16(3)26-19-8-6-17(21)7-9-19/h4,6-9,16,18H,1,5,10-15H2,2-3H3,(H2,22,23,24). The number of rotatable bonds is 8. The van der Waals surface area contributed by atoms with Crippen LogP contribution in [-0.4, -0.2) is 55.7 Å². The second-order valence-electron chi connectivity index (χ2n) is 6.61. The van der Waals surface area contributed by atoms with Crippen molar-refractivity contribution in [1.29, 1.82) is 0 Å². The van der Waals surface area contributed by atoms with Crippen molar-refractivity contribution in [3.8, 4) is 5.75 Å². The van der Waals surface area contributed by atoms with Gasteiger partial charge < -0.3 is 15.4 Å². The topological polar surface area (TPSA) is 48.9 Å². The minimum Gasteiger partial charge on any atom is -0.489 e. The number of aliphatic imine (C=N–C) groups is 1. The van der Waals surface area contributed by atoms with Crippen LogP contribution in [-0.2, 0) is 0 Å². The number of halogens is 1. The minimum atomic E-state index is -0.263. The van der Waals surface area contributed by atoms with Crippen molar-refractivity contribution in [3.63, 3.8) is 0 Å². The third-order valence-corrected chi connectivity index (χ3v) is 4.32. The zero-order chi connectivity index (χ0) is 18.8. The molecule has 5 nitrogen and oxygen atoms in total. The Morgan fingerprint density at radius 2 is 2.08 bits per heavy atom. The van der Waals surface area contributed by atoms with E-state index in [2.05, 4.69) is 34.0 Å². The molecule has 0 aromatic heterocycles. The molecule has 1 aliphatic rings. The van der Waals surface area contributed by atoms with Gasteiger partial charge in [0.2, 0.25) is 0 Å². The highest BCUT2D eigenvalue weighted by Crippen LogP contribution is 2.13. The number of hydrogen-bond donors (Lipinski definition) is 2. The van der Waals surface area contributed by atoms with E-state index in [1.165, 1.54) is 12.1 Å². The molecule has 1 aromatic rings. The van der Waals surface area contributed by atoms with Gasteiger partial charge in [-0.15, -0.1) is 6.58 Å². The van der Waals surface area contributed by atoms with E-state index in [1.807, 2.05) is 13.0 Å². The van der Waals surface area contributed by atoms with Gasteiger partial charge in [0.25, 0.3) is 0 Å². The molecule has 1 fully saturated rings. The van der Waals surface area contributed by atoms with Crippen molar-refractivity contribution in [2.75, 3.05) is 32.7 Å². The summed E-state index contributed by atoms with van der Waals surface area (Å²) in [6, 6.07) is 6.50. The lowest BCUT2D eigenvalue weighted by Crippen LogP contribution is -2.48. The summed E-state index contributed by atoms with van der Waals surface area (Å²) in [4.78, 5) is 7.05. The van der Waals surface area contributed by atoms with E-state index in [0.29, 0.717) is 18.3 Å². The van der Waals surface area contributed by atoms with E-state index in [-0.39, 0.29) is 11.9 Å². The van der Waals surface area contributed by atoms with Crippen molar-refractivity contribution < 1.29 is 9.13 Å². The average molecular weight is 362 g/mol. The summed E-state index contributed by atoms with van der Waals surface area (Å²) in [6.07, 6.45) is 4.06. The minimum absolute atomic E-state index is 0.0923. The molecule has 1 unspecified atom stereocenters. The average Bonchev–Trinajstić information content (AvgIpc) is 2.64. The molecule has 0 aliphatic carbocycles. The van der Waals surface area contributed by atoms with Gasteiger partial charge in [-0.25, -0.2) is 9.38 Å². The number of hydrogen-bond acceptors (Lipinski definition) is 3. The maximum absolute atomic E-state index is 13.0. The lowest BCUT2D eigenvalue weighted by atomic mass is 10.1. The first-order valence-electron chi connectivity index (χ1n) is 9.41. The predicted octanol–water partition coefficient (Wildman–Crippen LogP) is 2.80. The summed E-state index contributed by atoms with van der Waals surface area (Å²) in [5.41, 5.74) is 0. The first-order valence-corrected chi connectivity index (χ1v) is 9.41. The van der Waals surface area contributed by atoms with Crippen LogP contribution in [0, 0.1) is 5.82 Å². The highest BCUT2D eigenvalue weighted by molar-refractivity contribution is 5.80. The molecule has 1 saturated heterocycles. The molecule has 0 radical (unpaired) electrons. The first-order chi connectivity index (χ1) is 12.6. The first kappa shape index (κ1) is 20.2. The molecule has 1 atom stereocenters. The van der Waals surface area contributed by atoms with E-state index in [4.69, 9.17) is 4.74 Å². The van der Waals surface area contributed by atoms with Crippen LogP contribution < -0.4 is 15.4 Å². The monoisotopic (exact) mass is 362 g/mol. The molecular weight excluding hydrogens is 331 g/mol. The van der Waals surface area contributed by atoms with E-state index in [1.54, 1.807) is 12.1 Å². The van der Waals surface area contributed by atoms with Crippen molar-refractivity contribution in [1.82, 2.24) is 15.5 Å². The lowest BCUT2D eigenvalue weighted by Gasteiger charge is -2.32. The Morgan fingerprint density at radius 3 is 2.69 bits per heavy atom.